The van der Waals surface area contributed by atoms with E-state index in [0.717, 1.165) is 16.6 Å². The summed E-state index contributed by atoms with van der Waals surface area (Å²) in [6.07, 6.45) is 3.69. The molecule has 0 spiro atoms. The van der Waals surface area contributed by atoms with Gasteiger partial charge in [-0.2, -0.15) is 0 Å². The number of nitrogens with zero attached hydrogens (tertiary/aromatic N) is 3. The average Bonchev–Trinajstić information content (AvgIpc) is 2.46. The van der Waals surface area contributed by atoms with E-state index in [4.69, 9.17) is 11.6 Å². The van der Waals surface area contributed by atoms with E-state index in [1.807, 2.05) is 24.3 Å². The van der Waals surface area contributed by atoms with Crippen molar-refractivity contribution in [2.24, 2.45) is 0 Å². The Kier molecular flexibility index (Phi) is 3.76. The fraction of sp³-hybridized carbons (Fsp3) is 0.467. The van der Waals surface area contributed by atoms with Gasteiger partial charge in [0.25, 0.3) is 0 Å². The summed E-state index contributed by atoms with van der Waals surface area (Å²) in [5.74, 6) is 0.783. The van der Waals surface area contributed by atoms with E-state index in [2.05, 4.69) is 34.5 Å². The molecule has 0 radical (unpaired) electrons. The molecule has 0 bridgehead atoms. The largest absolute Gasteiger partial charge is 0.301 e. The summed E-state index contributed by atoms with van der Waals surface area (Å²) in [5, 5.41) is 13.0. The third-order valence-electron chi connectivity index (χ3n) is 4.07. The zero-order valence-corrected chi connectivity index (χ0v) is 12.6. The lowest BCUT2D eigenvalue weighted by Gasteiger charge is -2.39. The molecule has 3 rings (SSSR count). The van der Waals surface area contributed by atoms with Gasteiger partial charge in [0.15, 0.2) is 11.0 Å². The van der Waals surface area contributed by atoms with Crippen LogP contribution in [0.15, 0.2) is 24.3 Å². The third kappa shape index (κ3) is 2.45. The van der Waals surface area contributed by atoms with Gasteiger partial charge in [0.05, 0.1) is 0 Å². The summed E-state index contributed by atoms with van der Waals surface area (Å²) in [6.45, 7) is 4.49. The van der Waals surface area contributed by atoms with Crippen molar-refractivity contribution in [2.45, 2.75) is 45.2 Å². The molecule has 5 heteroatoms. The van der Waals surface area contributed by atoms with Gasteiger partial charge in [-0.3, -0.25) is 0 Å². The number of halogens is 1. The molecular weight excluding hydrogens is 272 g/mol. The SMILES string of the molecule is CC1CCCC(C)N1Nc1nnc(Cl)c2ccccc12. The maximum atomic E-state index is 6.11. The molecule has 1 fully saturated rings. The number of benzene rings is 1. The Hall–Kier alpha value is -1.39. The van der Waals surface area contributed by atoms with Crippen LogP contribution in [0, 0.1) is 0 Å². The smallest absolute Gasteiger partial charge is 0.171 e. The van der Waals surface area contributed by atoms with Crippen LogP contribution in [-0.2, 0) is 0 Å². The van der Waals surface area contributed by atoms with Crippen molar-refractivity contribution in [3.63, 3.8) is 0 Å². The average molecular weight is 291 g/mol. The second kappa shape index (κ2) is 5.54. The Labute approximate surface area is 124 Å². The van der Waals surface area contributed by atoms with Gasteiger partial charge in [0.1, 0.15) is 0 Å². The van der Waals surface area contributed by atoms with Crippen molar-refractivity contribution in [1.29, 1.82) is 0 Å². The Bertz CT molecular complexity index is 606. The molecule has 1 N–H and O–H groups in total. The highest BCUT2D eigenvalue weighted by Crippen LogP contribution is 2.28. The molecule has 106 valence electrons. The van der Waals surface area contributed by atoms with Crippen LogP contribution in [0.4, 0.5) is 5.82 Å². The molecule has 4 nitrogen and oxygen atoms in total. The fourth-order valence-electron chi connectivity index (χ4n) is 2.92. The molecular formula is C15H19ClN4. The topological polar surface area (TPSA) is 41.0 Å². The summed E-state index contributed by atoms with van der Waals surface area (Å²) in [5.41, 5.74) is 3.45. The number of hydrogen-bond acceptors (Lipinski definition) is 4. The van der Waals surface area contributed by atoms with Crippen LogP contribution in [-0.4, -0.2) is 27.3 Å². The first-order valence-electron chi connectivity index (χ1n) is 7.12. The van der Waals surface area contributed by atoms with E-state index < -0.39 is 0 Å². The van der Waals surface area contributed by atoms with Gasteiger partial charge >= 0.3 is 0 Å². The van der Waals surface area contributed by atoms with Crippen LogP contribution in [0.3, 0.4) is 0 Å². The number of anilines is 1. The van der Waals surface area contributed by atoms with Crippen molar-refractivity contribution in [2.75, 3.05) is 5.43 Å². The van der Waals surface area contributed by atoms with Gasteiger partial charge in [0.2, 0.25) is 0 Å². The van der Waals surface area contributed by atoms with Crippen LogP contribution in [0.25, 0.3) is 10.8 Å². The van der Waals surface area contributed by atoms with Crippen LogP contribution >= 0.6 is 11.6 Å². The van der Waals surface area contributed by atoms with E-state index in [1.165, 1.54) is 19.3 Å². The Morgan fingerprint density at radius 1 is 1.10 bits per heavy atom. The summed E-state index contributed by atoms with van der Waals surface area (Å²) in [6, 6.07) is 8.95. The summed E-state index contributed by atoms with van der Waals surface area (Å²) >= 11 is 6.11. The number of hydrogen-bond donors (Lipinski definition) is 1. The van der Waals surface area contributed by atoms with Gasteiger partial charge in [-0.1, -0.05) is 42.3 Å². The van der Waals surface area contributed by atoms with Crippen molar-refractivity contribution >= 4 is 28.2 Å². The quantitative estimate of drug-likeness (QED) is 0.911. The lowest BCUT2D eigenvalue weighted by atomic mass is 10.00. The normalized spacial score (nSPS) is 23.9. The van der Waals surface area contributed by atoms with E-state index in [9.17, 15) is 0 Å². The van der Waals surface area contributed by atoms with Crippen LogP contribution in [0.5, 0.6) is 0 Å². The second-order valence-corrected chi connectivity index (χ2v) is 5.89. The van der Waals surface area contributed by atoms with Crippen molar-refractivity contribution in [3.8, 4) is 0 Å². The predicted octanol–water partition coefficient (Wildman–Crippen LogP) is 3.87. The number of rotatable bonds is 2. The standard InChI is InChI=1S/C15H19ClN4/c1-10-6-5-7-11(2)20(10)19-15-13-9-4-3-8-12(13)14(16)17-18-15/h3-4,8-11H,5-7H2,1-2H3,(H,18,19). The van der Waals surface area contributed by atoms with E-state index >= 15 is 0 Å². The van der Waals surface area contributed by atoms with Crippen LogP contribution in [0.1, 0.15) is 33.1 Å². The minimum Gasteiger partial charge on any atom is -0.301 e. The fourth-order valence-corrected chi connectivity index (χ4v) is 3.12. The van der Waals surface area contributed by atoms with Gasteiger partial charge < -0.3 is 5.43 Å². The molecule has 0 aliphatic carbocycles. The molecule has 2 heterocycles. The first kappa shape index (κ1) is 13.6. The maximum absolute atomic E-state index is 6.11. The third-order valence-corrected chi connectivity index (χ3v) is 4.35. The lowest BCUT2D eigenvalue weighted by Crippen LogP contribution is -2.47. The molecule has 1 aliphatic heterocycles. The maximum Gasteiger partial charge on any atom is 0.171 e. The number of aromatic nitrogens is 2. The molecule has 2 atom stereocenters. The minimum atomic E-state index is 0.450. The van der Waals surface area contributed by atoms with Crippen molar-refractivity contribution < 1.29 is 0 Å². The molecule has 1 aromatic heterocycles. The number of piperidine rings is 1. The van der Waals surface area contributed by atoms with Crippen LogP contribution < -0.4 is 5.43 Å². The minimum absolute atomic E-state index is 0.450. The molecule has 0 saturated carbocycles. The zero-order chi connectivity index (χ0) is 14.1. The van der Waals surface area contributed by atoms with Gasteiger partial charge in [0, 0.05) is 22.9 Å². The molecule has 2 unspecified atom stereocenters. The Balaban J connectivity index is 1.96. The second-order valence-electron chi connectivity index (χ2n) is 5.53. The van der Waals surface area contributed by atoms with Crippen LogP contribution in [0.2, 0.25) is 5.15 Å². The van der Waals surface area contributed by atoms with E-state index in [0.29, 0.717) is 17.2 Å². The molecule has 20 heavy (non-hydrogen) atoms. The number of fused-ring (bicyclic) bond motifs is 1. The highest BCUT2D eigenvalue weighted by atomic mass is 35.5. The van der Waals surface area contributed by atoms with E-state index in [1.54, 1.807) is 0 Å². The molecule has 1 aromatic carbocycles. The first-order valence-corrected chi connectivity index (χ1v) is 7.50. The Morgan fingerprint density at radius 2 is 1.75 bits per heavy atom. The first-order chi connectivity index (χ1) is 9.66. The zero-order valence-electron chi connectivity index (χ0n) is 11.8. The number of nitrogens with one attached hydrogen (secondary N) is 1. The monoisotopic (exact) mass is 290 g/mol. The summed E-state index contributed by atoms with van der Waals surface area (Å²) < 4.78 is 0. The molecule has 1 saturated heterocycles. The van der Waals surface area contributed by atoms with Gasteiger partial charge in [-0.05, 0) is 26.7 Å². The van der Waals surface area contributed by atoms with Gasteiger partial charge in [-0.25, -0.2) is 5.01 Å². The molecule has 0 amide bonds. The Morgan fingerprint density at radius 3 is 2.45 bits per heavy atom. The lowest BCUT2D eigenvalue weighted by molar-refractivity contribution is 0.135. The molecule has 1 aliphatic rings. The van der Waals surface area contributed by atoms with Crippen molar-refractivity contribution in [3.05, 3.63) is 29.4 Å². The van der Waals surface area contributed by atoms with Crippen molar-refractivity contribution in [1.82, 2.24) is 15.2 Å². The van der Waals surface area contributed by atoms with Gasteiger partial charge in [-0.15, -0.1) is 10.2 Å². The predicted molar refractivity (Wildman–Crippen MR) is 82.8 cm³/mol. The highest BCUT2D eigenvalue weighted by Gasteiger charge is 2.25. The summed E-state index contributed by atoms with van der Waals surface area (Å²) in [7, 11) is 0. The number of hydrazine groups is 1. The molecule has 2 aromatic rings. The van der Waals surface area contributed by atoms with E-state index in [-0.39, 0.29) is 0 Å². The summed E-state index contributed by atoms with van der Waals surface area (Å²) in [4.78, 5) is 0. The highest BCUT2D eigenvalue weighted by molar-refractivity contribution is 6.34.